The number of fused-ring (bicyclic) bond motifs is 5. The van der Waals surface area contributed by atoms with E-state index in [2.05, 4.69) is 17.4 Å². The van der Waals surface area contributed by atoms with Crippen molar-refractivity contribution in [2.24, 2.45) is 28.6 Å². The molecule has 7 rings (SSSR count). The fourth-order valence-corrected chi connectivity index (χ4v) is 10.5. The van der Waals surface area contributed by atoms with Gasteiger partial charge in [-0.25, -0.2) is 8.42 Å². The van der Waals surface area contributed by atoms with E-state index < -0.39 is 73.7 Å². The van der Waals surface area contributed by atoms with E-state index in [1.54, 1.807) is 34.9 Å². The lowest BCUT2D eigenvalue weighted by molar-refractivity contribution is -0.158. The molecule has 302 valence electrons. The van der Waals surface area contributed by atoms with Crippen molar-refractivity contribution in [2.45, 2.75) is 121 Å². The second-order valence-electron chi connectivity index (χ2n) is 17.5. The summed E-state index contributed by atoms with van der Waals surface area (Å²) in [5, 5.41) is 0.883. The zero-order valence-corrected chi connectivity index (χ0v) is 33.9. The number of aromatic nitrogens is 1. The van der Waals surface area contributed by atoms with Crippen LogP contribution in [0.5, 0.6) is 5.88 Å². The van der Waals surface area contributed by atoms with Gasteiger partial charge in [0.1, 0.15) is 12.2 Å². The number of nitrogens with zero attached hydrogens (tertiary/aromatic N) is 2. The Labute approximate surface area is 333 Å². The zero-order chi connectivity index (χ0) is 40.2. The summed E-state index contributed by atoms with van der Waals surface area (Å²) in [4.78, 5) is 72.0. The quantitative estimate of drug-likeness (QED) is 0.267. The molecule has 0 radical (unpaired) electrons. The summed E-state index contributed by atoms with van der Waals surface area (Å²) in [6, 6.07) is 5.74. The number of carbonyl (C=O) groups is 4. The summed E-state index contributed by atoms with van der Waals surface area (Å²) >= 11 is 6.33. The number of hydrogen-bond acceptors (Lipinski definition) is 9. The molecule has 2 bridgehead atoms. The van der Waals surface area contributed by atoms with E-state index in [4.69, 9.17) is 21.1 Å². The molecule has 14 heteroatoms. The van der Waals surface area contributed by atoms with Crippen LogP contribution < -0.4 is 15.0 Å². The van der Waals surface area contributed by atoms with Gasteiger partial charge in [-0.15, -0.1) is 6.58 Å². The van der Waals surface area contributed by atoms with E-state index >= 15 is 0 Å². The molecule has 3 saturated carbocycles. The number of ketones is 1. The van der Waals surface area contributed by atoms with Crippen LogP contribution in [-0.4, -0.2) is 71.5 Å². The first kappa shape index (κ1) is 40.2. The molecule has 56 heavy (non-hydrogen) atoms. The van der Waals surface area contributed by atoms with Crippen LogP contribution in [-0.2, 0) is 40.5 Å². The van der Waals surface area contributed by atoms with Crippen LogP contribution in [0.1, 0.15) is 91.4 Å². The molecule has 1 aromatic heterocycles. The third kappa shape index (κ3) is 8.21. The number of rotatable bonds is 7. The number of esters is 1. The summed E-state index contributed by atoms with van der Waals surface area (Å²) < 4.78 is 42.0. The molecule has 1 N–H and O–H groups in total. The van der Waals surface area contributed by atoms with Gasteiger partial charge in [0.15, 0.2) is 11.7 Å². The van der Waals surface area contributed by atoms with Crippen molar-refractivity contribution >= 4 is 56.0 Å². The predicted octanol–water partition coefficient (Wildman–Crippen LogP) is 5.88. The Bertz CT molecular complexity index is 2140. The number of Topliss-reactive ketones (excluding diaryl/α,β-unsaturated/α-hetero) is 1. The third-order valence-electron chi connectivity index (χ3n) is 12.5. The molecule has 0 spiro atoms. The van der Waals surface area contributed by atoms with Crippen LogP contribution in [0.25, 0.3) is 10.8 Å². The molecule has 3 heterocycles. The largest absolute Gasteiger partial charge is 0.473 e. The van der Waals surface area contributed by atoms with Crippen molar-refractivity contribution in [3.05, 3.63) is 64.4 Å². The van der Waals surface area contributed by atoms with E-state index in [1.165, 1.54) is 4.90 Å². The molecule has 7 atom stereocenters. The van der Waals surface area contributed by atoms with Gasteiger partial charge in [-0.3, -0.25) is 33.3 Å². The van der Waals surface area contributed by atoms with Crippen LogP contribution in [0, 0.1) is 28.6 Å². The zero-order valence-electron chi connectivity index (χ0n) is 32.3. The number of amides is 2. The number of benzene rings is 1. The molecule has 5 aliphatic rings. The maximum absolute atomic E-state index is 14.8. The fourth-order valence-electron chi connectivity index (χ4n) is 8.89. The number of hydrogen-bond donors (Lipinski definition) is 1. The summed E-state index contributed by atoms with van der Waals surface area (Å²) in [6.07, 6.45) is 9.20. The number of carbonyl (C=O) groups excluding carboxylic acids is 4. The van der Waals surface area contributed by atoms with Crippen molar-refractivity contribution in [1.82, 2.24) is 14.2 Å². The topological polar surface area (TPSA) is 158 Å². The monoisotopic (exact) mass is 809 g/mol. The number of nitrogens with one attached hydrogen (secondary N) is 1. The normalized spacial score (nSPS) is 30.6. The molecule has 1 aromatic carbocycles. The smallest absolute Gasteiger partial charge is 0.306 e. The maximum atomic E-state index is 14.8. The van der Waals surface area contributed by atoms with Gasteiger partial charge in [-0.1, -0.05) is 50.6 Å². The van der Waals surface area contributed by atoms with Crippen LogP contribution in [0.2, 0.25) is 5.02 Å². The van der Waals surface area contributed by atoms with E-state index in [9.17, 15) is 32.4 Å². The standard InChI is InChI=1S/C42H52ClN3O9S/c1-5-27-22-42(27,40(51)44-56(52,53)30-14-15-30)23-34(47)33-20-29-24-46(33)39(50)32(41(2,3)4)21-37(48)55-35-12-9-11-25(35)10-7-6-8-17-45-36(54-29)19-26-18-28(43)13-16-31(26)38(45)49/h5-7,13,16,18-19,25,27,29-30,32-33,35H,1,8-12,14-15,17,20-24H2,2-4H3,(H,44,51)/b7-6+/t25-,27-,29-,32-,33+,35-,42-/m1/s1. The average molecular weight is 810 g/mol. The SMILES string of the molecule is C=C[C@@H]1C[C@]1(CC(=O)[C@@H]1C[C@@H]2CN1C(=O)[C@H](C(C)(C)C)CC(=O)O[C@@H]1CCC[C@H]1C/C=C/CCn1c(cc3cc(Cl)ccc3c1=O)O2)C(=O)NS(=O)(=O)C1CC1. The molecule has 2 amide bonds. The minimum absolute atomic E-state index is 0.0244. The molecular weight excluding hydrogens is 758 g/mol. The van der Waals surface area contributed by atoms with E-state index in [0.29, 0.717) is 48.0 Å². The molecule has 4 fully saturated rings. The lowest BCUT2D eigenvalue weighted by Crippen LogP contribution is -2.48. The highest BCUT2D eigenvalue weighted by Crippen LogP contribution is 2.57. The van der Waals surface area contributed by atoms with E-state index in [-0.39, 0.29) is 55.7 Å². The van der Waals surface area contributed by atoms with Gasteiger partial charge in [-0.2, -0.15) is 0 Å². The third-order valence-corrected chi connectivity index (χ3v) is 14.6. The Balaban J connectivity index is 1.25. The number of pyridine rings is 1. The van der Waals surface area contributed by atoms with Crippen LogP contribution in [0.4, 0.5) is 0 Å². The van der Waals surface area contributed by atoms with Crippen molar-refractivity contribution in [3.63, 3.8) is 0 Å². The Morgan fingerprint density at radius 1 is 1.07 bits per heavy atom. The highest BCUT2D eigenvalue weighted by molar-refractivity contribution is 7.90. The lowest BCUT2D eigenvalue weighted by atomic mass is 9.77. The Hall–Kier alpha value is -3.97. The molecule has 2 aliphatic heterocycles. The summed E-state index contributed by atoms with van der Waals surface area (Å²) in [6.45, 7) is 9.72. The molecular formula is C42H52ClN3O9S. The number of allylic oxidation sites excluding steroid dienone is 3. The Morgan fingerprint density at radius 3 is 2.54 bits per heavy atom. The average Bonchev–Trinajstić information content (AvgIpc) is 4.02. The molecule has 3 aliphatic carbocycles. The van der Waals surface area contributed by atoms with Crippen molar-refractivity contribution in [3.8, 4) is 5.88 Å². The van der Waals surface area contributed by atoms with E-state index in [0.717, 1.165) is 19.3 Å². The molecule has 12 nitrogen and oxygen atoms in total. The van der Waals surface area contributed by atoms with E-state index in [1.807, 2.05) is 26.8 Å². The second-order valence-corrected chi connectivity index (χ2v) is 19.9. The minimum Gasteiger partial charge on any atom is -0.473 e. The van der Waals surface area contributed by atoms with Crippen LogP contribution in [0.3, 0.4) is 0 Å². The first-order valence-electron chi connectivity index (χ1n) is 19.9. The van der Waals surface area contributed by atoms with Gasteiger partial charge in [0, 0.05) is 35.9 Å². The molecule has 1 saturated heterocycles. The van der Waals surface area contributed by atoms with Gasteiger partial charge in [-0.05, 0) is 92.2 Å². The van der Waals surface area contributed by atoms with Gasteiger partial charge in [0.2, 0.25) is 21.8 Å². The summed E-state index contributed by atoms with van der Waals surface area (Å²) in [5.74, 6) is -2.92. The van der Waals surface area contributed by atoms with Gasteiger partial charge in [0.25, 0.3) is 5.56 Å². The van der Waals surface area contributed by atoms with Gasteiger partial charge >= 0.3 is 5.97 Å². The number of halogens is 1. The van der Waals surface area contributed by atoms with Crippen LogP contribution >= 0.6 is 11.6 Å². The maximum Gasteiger partial charge on any atom is 0.306 e. The summed E-state index contributed by atoms with van der Waals surface area (Å²) in [7, 11) is -3.88. The number of sulfonamides is 1. The Kier molecular flexibility index (Phi) is 11.1. The first-order chi connectivity index (χ1) is 26.5. The minimum atomic E-state index is -3.88. The van der Waals surface area contributed by atoms with Crippen molar-refractivity contribution in [2.75, 3.05) is 6.54 Å². The van der Waals surface area contributed by atoms with Crippen molar-refractivity contribution < 1.29 is 37.1 Å². The van der Waals surface area contributed by atoms with Crippen LogP contribution in [0.15, 0.2) is 53.9 Å². The highest BCUT2D eigenvalue weighted by atomic mass is 35.5. The molecule has 0 unspecified atom stereocenters. The van der Waals surface area contributed by atoms with Gasteiger partial charge < -0.3 is 14.4 Å². The van der Waals surface area contributed by atoms with Gasteiger partial charge in [0.05, 0.1) is 35.6 Å². The predicted molar refractivity (Wildman–Crippen MR) is 211 cm³/mol. The number of ether oxygens (including phenoxy) is 2. The summed E-state index contributed by atoms with van der Waals surface area (Å²) in [5.41, 5.74) is -2.29. The Morgan fingerprint density at radius 2 is 1.84 bits per heavy atom. The highest BCUT2D eigenvalue weighted by Gasteiger charge is 2.61. The molecule has 2 aromatic rings. The lowest BCUT2D eigenvalue weighted by Gasteiger charge is -2.35. The van der Waals surface area contributed by atoms with Crippen molar-refractivity contribution in [1.29, 1.82) is 0 Å². The fraction of sp³-hybridized carbons (Fsp3) is 0.595. The first-order valence-corrected chi connectivity index (χ1v) is 21.8. The second kappa shape index (κ2) is 15.4.